The van der Waals surface area contributed by atoms with E-state index in [2.05, 4.69) is 10.3 Å². The van der Waals surface area contributed by atoms with Gasteiger partial charge in [0.25, 0.3) is 15.9 Å². The summed E-state index contributed by atoms with van der Waals surface area (Å²) in [6, 6.07) is 12.1. The second-order valence-corrected chi connectivity index (χ2v) is 13.7. The molecule has 0 fully saturated rings. The third kappa shape index (κ3) is 4.83. The molecule has 6 rings (SSSR count). The number of anilines is 2. The lowest BCUT2D eigenvalue weighted by Gasteiger charge is -2.28. The highest BCUT2D eigenvalue weighted by Crippen LogP contribution is 2.41. The minimum absolute atomic E-state index is 0.00319. The zero-order valence-electron chi connectivity index (χ0n) is 23.9. The van der Waals surface area contributed by atoms with Crippen LogP contribution in [0.25, 0.3) is 11.6 Å². The van der Waals surface area contributed by atoms with Crippen LogP contribution in [0.1, 0.15) is 72.0 Å². The van der Waals surface area contributed by atoms with Crippen LogP contribution in [0.2, 0.25) is 0 Å². The van der Waals surface area contributed by atoms with Gasteiger partial charge in [0.15, 0.2) is 5.78 Å². The Labute approximate surface area is 245 Å². The maximum absolute atomic E-state index is 13.7. The number of carbonyl (C=O) groups excluding carboxylic acids is 3. The van der Waals surface area contributed by atoms with Crippen molar-refractivity contribution in [2.45, 2.75) is 57.8 Å². The summed E-state index contributed by atoms with van der Waals surface area (Å²) >= 11 is 0. The molecule has 2 N–H and O–H groups in total. The molecule has 42 heavy (non-hydrogen) atoms. The highest BCUT2D eigenvalue weighted by molar-refractivity contribution is 7.92. The fourth-order valence-corrected chi connectivity index (χ4v) is 7.82. The summed E-state index contributed by atoms with van der Waals surface area (Å²) in [5.41, 5.74) is 5.26. The normalized spacial score (nSPS) is 18.1. The fourth-order valence-electron chi connectivity index (χ4n) is 6.29. The van der Waals surface area contributed by atoms with Gasteiger partial charge in [0.2, 0.25) is 0 Å². The van der Waals surface area contributed by atoms with Gasteiger partial charge in [-0.15, -0.1) is 0 Å². The molecule has 0 atom stereocenters. The Bertz CT molecular complexity index is 1780. The number of H-pyrrole nitrogens is 1. The third-order valence-electron chi connectivity index (χ3n) is 8.17. The molecule has 1 aliphatic carbocycles. The SMILES string of the molecule is CCOC(=O)CCc1c(/C=C2\C(=O)Nc3ccc(S(=O)(=O)N4CCc5ccccc54)cc32)[nH]c2c1C(=O)CC(C)(C)C2. The zero-order valence-corrected chi connectivity index (χ0v) is 24.7. The standard InChI is InChI=1S/C32H33N3O6S/c1-4-41-29(37)12-10-21-25(33-26-17-32(2,3)18-28(36)30(21)26)16-23-22-15-20(9-11-24(22)34-31(23)38)42(39,40)35-14-13-19-7-5-6-8-27(19)35/h5-9,11,15-16,33H,4,10,12-14,17-18H2,1-3H3,(H,34,38)/b23-16-. The smallest absolute Gasteiger partial charge is 0.306 e. The molecule has 3 heterocycles. The summed E-state index contributed by atoms with van der Waals surface area (Å²) < 4.78 is 34.0. The summed E-state index contributed by atoms with van der Waals surface area (Å²) in [6.07, 6.45) is 3.69. The number of ketones is 1. The number of para-hydroxylation sites is 1. The molecule has 0 spiro atoms. The molecule has 1 amide bonds. The number of aromatic nitrogens is 1. The first-order valence-electron chi connectivity index (χ1n) is 14.2. The number of Topliss-reactive ketones (excluding diaryl/α,β-unsaturated/α-hetero) is 1. The lowest BCUT2D eigenvalue weighted by atomic mass is 9.75. The van der Waals surface area contributed by atoms with E-state index in [-0.39, 0.29) is 53.0 Å². The van der Waals surface area contributed by atoms with E-state index < -0.39 is 10.0 Å². The van der Waals surface area contributed by atoms with Crippen LogP contribution < -0.4 is 9.62 Å². The van der Waals surface area contributed by atoms with Gasteiger partial charge in [0.05, 0.1) is 22.8 Å². The molecule has 1 aromatic heterocycles. The van der Waals surface area contributed by atoms with Crippen molar-refractivity contribution >= 4 is 50.7 Å². The molecule has 0 saturated heterocycles. The Morgan fingerprint density at radius 1 is 1.12 bits per heavy atom. The molecule has 218 valence electrons. The van der Waals surface area contributed by atoms with Gasteiger partial charge in [-0.05, 0) is 73.1 Å². The number of fused-ring (bicyclic) bond motifs is 3. The van der Waals surface area contributed by atoms with E-state index in [4.69, 9.17) is 4.74 Å². The number of esters is 1. The first kappa shape index (κ1) is 28.0. The van der Waals surface area contributed by atoms with Crippen LogP contribution in [0.4, 0.5) is 11.4 Å². The summed E-state index contributed by atoms with van der Waals surface area (Å²) in [5, 5.41) is 2.83. The molecular formula is C32H33N3O6S. The molecule has 2 aliphatic heterocycles. The summed E-state index contributed by atoms with van der Waals surface area (Å²) in [7, 11) is -3.88. The topological polar surface area (TPSA) is 126 Å². The van der Waals surface area contributed by atoms with Gasteiger partial charge in [-0.1, -0.05) is 32.0 Å². The van der Waals surface area contributed by atoms with E-state index in [0.29, 0.717) is 59.6 Å². The summed E-state index contributed by atoms with van der Waals surface area (Å²) in [5.74, 6) is -0.741. The molecule has 9 nitrogen and oxygen atoms in total. The summed E-state index contributed by atoms with van der Waals surface area (Å²) in [6.45, 7) is 6.42. The van der Waals surface area contributed by atoms with Gasteiger partial charge in [-0.25, -0.2) is 8.42 Å². The molecule has 0 unspecified atom stereocenters. The number of ether oxygens (including phenoxy) is 1. The van der Waals surface area contributed by atoms with Gasteiger partial charge in [0, 0.05) is 47.6 Å². The van der Waals surface area contributed by atoms with E-state index >= 15 is 0 Å². The molecule has 0 saturated carbocycles. The van der Waals surface area contributed by atoms with Gasteiger partial charge >= 0.3 is 5.97 Å². The number of nitrogens with one attached hydrogen (secondary N) is 2. The van der Waals surface area contributed by atoms with Crippen molar-refractivity contribution in [2.75, 3.05) is 22.8 Å². The van der Waals surface area contributed by atoms with Crippen LogP contribution >= 0.6 is 0 Å². The number of carbonyl (C=O) groups is 3. The Morgan fingerprint density at radius 3 is 2.69 bits per heavy atom. The molecule has 10 heteroatoms. The number of rotatable bonds is 7. The maximum Gasteiger partial charge on any atom is 0.306 e. The number of benzene rings is 2. The highest BCUT2D eigenvalue weighted by Gasteiger charge is 2.36. The highest BCUT2D eigenvalue weighted by atomic mass is 32.2. The van der Waals surface area contributed by atoms with Gasteiger partial charge in [0.1, 0.15) is 0 Å². The van der Waals surface area contributed by atoms with E-state index in [0.717, 1.165) is 11.3 Å². The Balaban J connectivity index is 1.41. The minimum atomic E-state index is -3.88. The van der Waals surface area contributed by atoms with Crippen molar-refractivity contribution in [3.05, 3.63) is 76.1 Å². The maximum atomic E-state index is 13.7. The molecule has 3 aromatic rings. The van der Waals surface area contributed by atoms with Crippen molar-refractivity contribution in [1.82, 2.24) is 4.98 Å². The quantitative estimate of drug-likeness (QED) is 0.299. The number of aromatic amines is 1. The molecule has 2 aromatic carbocycles. The number of nitrogens with zero attached hydrogens (tertiary/aromatic N) is 1. The number of amides is 1. The van der Waals surface area contributed by atoms with Crippen molar-refractivity contribution in [2.24, 2.45) is 5.41 Å². The van der Waals surface area contributed by atoms with Crippen LogP contribution in [0.5, 0.6) is 0 Å². The monoisotopic (exact) mass is 587 g/mol. The predicted octanol–water partition coefficient (Wildman–Crippen LogP) is 4.91. The Hall–Kier alpha value is -4.18. The van der Waals surface area contributed by atoms with Crippen molar-refractivity contribution < 1.29 is 27.5 Å². The van der Waals surface area contributed by atoms with Crippen molar-refractivity contribution in [3.63, 3.8) is 0 Å². The van der Waals surface area contributed by atoms with Crippen LogP contribution in [-0.4, -0.2) is 44.2 Å². The Kier molecular flexibility index (Phi) is 6.84. The fraction of sp³-hybridized carbons (Fsp3) is 0.344. The molecule has 0 radical (unpaired) electrons. The average molecular weight is 588 g/mol. The Morgan fingerprint density at radius 2 is 1.90 bits per heavy atom. The molecule has 3 aliphatic rings. The van der Waals surface area contributed by atoms with E-state index in [1.54, 1.807) is 25.1 Å². The molecular weight excluding hydrogens is 554 g/mol. The van der Waals surface area contributed by atoms with Gasteiger partial charge in [-0.3, -0.25) is 18.7 Å². The van der Waals surface area contributed by atoms with Crippen LogP contribution in [-0.2, 0) is 43.6 Å². The number of hydrogen-bond donors (Lipinski definition) is 2. The lowest BCUT2D eigenvalue weighted by Crippen LogP contribution is -2.29. The lowest BCUT2D eigenvalue weighted by molar-refractivity contribution is -0.143. The van der Waals surface area contributed by atoms with E-state index in [1.807, 2.05) is 32.0 Å². The first-order valence-corrected chi connectivity index (χ1v) is 15.6. The molecule has 0 bridgehead atoms. The number of hydrogen-bond acceptors (Lipinski definition) is 6. The second kappa shape index (κ2) is 10.3. The van der Waals surface area contributed by atoms with Gasteiger partial charge < -0.3 is 15.0 Å². The largest absolute Gasteiger partial charge is 0.466 e. The second-order valence-electron chi connectivity index (χ2n) is 11.8. The average Bonchev–Trinajstić information content (AvgIpc) is 3.60. The summed E-state index contributed by atoms with van der Waals surface area (Å²) in [4.78, 5) is 42.1. The van der Waals surface area contributed by atoms with Crippen LogP contribution in [0.15, 0.2) is 47.4 Å². The first-order chi connectivity index (χ1) is 20.0. The van der Waals surface area contributed by atoms with Crippen LogP contribution in [0, 0.1) is 5.41 Å². The minimum Gasteiger partial charge on any atom is -0.466 e. The van der Waals surface area contributed by atoms with Crippen LogP contribution in [0.3, 0.4) is 0 Å². The van der Waals surface area contributed by atoms with Gasteiger partial charge in [-0.2, -0.15) is 0 Å². The zero-order chi connectivity index (χ0) is 29.8. The third-order valence-corrected chi connectivity index (χ3v) is 9.98. The predicted molar refractivity (Wildman–Crippen MR) is 160 cm³/mol. The van der Waals surface area contributed by atoms with E-state index in [1.165, 1.54) is 16.4 Å². The van der Waals surface area contributed by atoms with Crippen molar-refractivity contribution in [1.29, 1.82) is 0 Å². The van der Waals surface area contributed by atoms with Crippen molar-refractivity contribution in [3.8, 4) is 0 Å². The van der Waals surface area contributed by atoms with E-state index in [9.17, 15) is 22.8 Å². The number of sulfonamides is 1.